The third-order valence-corrected chi connectivity index (χ3v) is 6.34. The lowest BCUT2D eigenvalue weighted by molar-refractivity contribution is -0.139. The smallest absolute Gasteiger partial charge is 0.338 e. The first-order chi connectivity index (χ1) is 16.5. The van der Waals surface area contributed by atoms with Gasteiger partial charge >= 0.3 is 12.0 Å². The number of hydrogen-bond acceptors (Lipinski definition) is 5. The van der Waals surface area contributed by atoms with E-state index in [1.807, 2.05) is 18.2 Å². The Balaban J connectivity index is 1.55. The summed E-state index contributed by atoms with van der Waals surface area (Å²) in [6, 6.07) is 15.2. The predicted octanol–water partition coefficient (Wildman–Crippen LogP) is 3.16. The first-order valence-electron chi connectivity index (χ1n) is 11.6. The number of nitrogens with one attached hydrogen (secondary N) is 1. The Morgan fingerprint density at radius 2 is 1.71 bits per heavy atom. The molecule has 7 nitrogen and oxygen atoms in total. The molecule has 2 aliphatic heterocycles. The summed E-state index contributed by atoms with van der Waals surface area (Å²) >= 11 is 0. The molecule has 0 radical (unpaired) electrons. The van der Waals surface area contributed by atoms with E-state index in [-0.39, 0.29) is 12.6 Å². The van der Waals surface area contributed by atoms with E-state index in [1.54, 1.807) is 26.1 Å². The average molecular weight is 467 g/mol. The van der Waals surface area contributed by atoms with Crippen molar-refractivity contribution in [3.8, 4) is 0 Å². The summed E-state index contributed by atoms with van der Waals surface area (Å²) < 4.78 is 19.3. The van der Waals surface area contributed by atoms with Gasteiger partial charge in [0.2, 0.25) is 0 Å². The van der Waals surface area contributed by atoms with Gasteiger partial charge in [0, 0.05) is 52.0 Å². The van der Waals surface area contributed by atoms with E-state index in [2.05, 4.69) is 27.2 Å². The number of esters is 1. The minimum atomic E-state index is -0.771. The lowest BCUT2D eigenvalue weighted by Crippen LogP contribution is -2.52. The van der Waals surface area contributed by atoms with Gasteiger partial charge in [-0.1, -0.05) is 42.5 Å². The Morgan fingerprint density at radius 3 is 2.35 bits per heavy atom. The molecule has 2 amide bonds. The summed E-state index contributed by atoms with van der Waals surface area (Å²) in [5.74, 6) is -0.925. The summed E-state index contributed by atoms with van der Waals surface area (Å²) in [4.78, 5) is 32.0. The van der Waals surface area contributed by atoms with Crippen LogP contribution in [0.25, 0.3) is 0 Å². The van der Waals surface area contributed by atoms with E-state index in [1.165, 1.54) is 22.6 Å². The number of piperazine rings is 1. The fourth-order valence-corrected chi connectivity index (χ4v) is 4.49. The summed E-state index contributed by atoms with van der Waals surface area (Å²) in [5.41, 5.74) is 2.73. The minimum Gasteiger partial charge on any atom is -0.463 e. The molecule has 0 spiro atoms. The van der Waals surface area contributed by atoms with Crippen molar-refractivity contribution in [1.29, 1.82) is 0 Å². The fraction of sp³-hybridized carbons (Fsp3) is 0.385. The van der Waals surface area contributed by atoms with Crippen LogP contribution in [0.4, 0.5) is 9.18 Å². The molecule has 34 heavy (non-hydrogen) atoms. The number of ether oxygens (including phenoxy) is 1. The van der Waals surface area contributed by atoms with Crippen LogP contribution in [0.15, 0.2) is 65.9 Å². The number of carbonyl (C=O) groups is 2. The molecule has 0 saturated carbocycles. The summed E-state index contributed by atoms with van der Waals surface area (Å²) in [7, 11) is 1.65. The van der Waals surface area contributed by atoms with E-state index in [0.717, 1.165) is 32.7 Å². The Kier molecular flexibility index (Phi) is 7.59. The SMILES string of the molecule is CCOC(=O)C1=C(CN2CCN(Cc3ccccc3)CC2)N(C)C(=O)NC1c1cccc(F)c1. The van der Waals surface area contributed by atoms with Crippen LogP contribution in [0.1, 0.15) is 24.1 Å². The molecule has 180 valence electrons. The molecule has 0 bridgehead atoms. The second-order valence-electron chi connectivity index (χ2n) is 8.62. The summed E-state index contributed by atoms with van der Waals surface area (Å²) in [6.45, 7) is 6.69. The maximum absolute atomic E-state index is 14.0. The molecule has 8 heteroatoms. The number of halogens is 1. The highest BCUT2D eigenvalue weighted by molar-refractivity contribution is 5.95. The van der Waals surface area contributed by atoms with Crippen LogP contribution >= 0.6 is 0 Å². The number of rotatable bonds is 7. The molecule has 4 rings (SSSR count). The van der Waals surface area contributed by atoms with Crippen molar-refractivity contribution in [2.45, 2.75) is 19.5 Å². The molecule has 1 atom stereocenters. The van der Waals surface area contributed by atoms with E-state index in [0.29, 0.717) is 23.4 Å². The van der Waals surface area contributed by atoms with Gasteiger partial charge in [0.25, 0.3) is 0 Å². The van der Waals surface area contributed by atoms with Crippen molar-refractivity contribution < 1.29 is 18.7 Å². The van der Waals surface area contributed by atoms with Gasteiger partial charge in [0.15, 0.2) is 0 Å². The molecule has 2 heterocycles. The Labute approximate surface area is 199 Å². The normalized spacial score (nSPS) is 19.8. The van der Waals surface area contributed by atoms with Crippen LogP contribution in [-0.4, -0.2) is 73.1 Å². The van der Waals surface area contributed by atoms with Gasteiger partial charge in [-0.3, -0.25) is 14.7 Å². The van der Waals surface area contributed by atoms with Gasteiger partial charge < -0.3 is 10.1 Å². The largest absolute Gasteiger partial charge is 0.463 e. The molecule has 2 aliphatic rings. The zero-order chi connectivity index (χ0) is 24.1. The molecule has 2 aromatic carbocycles. The summed E-state index contributed by atoms with van der Waals surface area (Å²) in [5, 5.41) is 2.84. The number of nitrogens with zero attached hydrogens (tertiary/aromatic N) is 3. The second kappa shape index (κ2) is 10.8. The van der Waals surface area contributed by atoms with Crippen molar-refractivity contribution >= 4 is 12.0 Å². The maximum Gasteiger partial charge on any atom is 0.338 e. The number of urea groups is 1. The molecule has 1 fully saturated rings. The van der Waals surface area contributed by atoms with Gasteiger partial charge in [-0.25, -0.2) is 14.0 Å². The molecule has 1 unspecified atom stereocenters. The topological polar surface area (TPSA) is 65.1 Å². The maximum atomic E-state index is 14.0. The molecular weight excluding hydrogens is 435 g/mol. The van der Waals surface area contributed by atoms with Crippen LogP contribution in [0, 0.1) is 5.82 Å². The van der Waals surface area contributed by atoms with Crippen molar-refractivity contribution in [1.82, 2.24) is 20.0 Å². The van der Waals surface area contributed by atoms with Crippen molar-refractivity contribution in [3.05, 3.63) is 82.8 Å². The highest BCUT2D eigenvalue weighted by Crippen LogP contribution is 2.32. The molecular formula is C26H31FN4O3. The highest BCUT2D eigenvalue weighted by Gasteiger charge is 2.37. The van der Waals surface area contributed by atoms with E-state index < -0.39 is 17.8 Å². The Hall–Kier alpha value is -3.23. The Morgan fingerprint density at radius 1 is 1.03 bits per heavy atom. The summed E-state index contributed by atoms with van der Waals surface area (Å²) in [6.07, 6.45) is 0. The molecule has 0 aliphatic carbocycles. The third-order valence-electron chi connectivity index (χ3n) is 6.34. The minimum absolute atomic E-state index is 0.210. The van der Waals surface area contributed by atoms with Gasteiger partial charge in [-0.2, -0.15) is 0 Å². The van der Waals surface area contributed by atoms with Gasteiger partial charge in [-0.15, -0.1) is 0 Å². The number of benzene rings is 2. The molecule has 0 aromatic heterocycles. The van der Waals surface area contributed by atoms with Crippen molar-refractivity contribution in [3.63, 3.8) is 0 Å². The van der Waals surface area contributed by atoms with Gasteiger partial charge in [0.1, 0.15) is 5.82 Å². The molecule has 1 N–H and O–H groups in total. The number of hydrogen-bond donors (Lipinski definition) is 1. The first-order valence-corrected chi connectivity index (χ1v) is 11.6. The third kappa shape index (κ3) is 5.46. The Bertz CT molecular complexity index is 1050. The quantitative estimate of drug-likeness (QED) is 0.635. The lowest BCUT2D eigenvalue weighted by Gasteiger charge is -2.39. The second-order valence-corrected chi connectivity index (χ2v) is 8.62. The predicted molar refractivity (Wildman–Crippen MR) is 127 cm³/mol. The molecule has 1 saturated heterocycles. The monoisotopic (exact) mass is 466 g/mol. The zero-order valence-corrected chi connectivity index (χ0v) is 19.7. The number of amides is 2. The zero-order valence-electron chi connectivity index (χ0n) is 19.7. The lowest BCUT2D eigenvalue weighted by atomic mass is 9.94. The van der Waals surface area contributed by atoms with E-state index in [9.17, 15) is 14.0 Å². The highest BCUT2D eigenvalue weighted by atomic mass is 19.1. The number of likely N-dealkylation sites (N-methyl/N-ethyl adjacent to an activating group) is 1. The standard InChI is InChI=1S/C26H31FN4O3/c1-3-34-25(32)23-22(29(2)26(33)28-24(23)20-10-7-11-21(27)16-20)18-31-14-12-30(13-15-31)17-19-8-5-4-6-9-19/h4-11,16,24H,3,12-15,17-18H2,1-2H3,(H,28,33). The van der Waals surface area contributed by atoms with Crippen LogP contribution in [0.5, 0.6) is 0 Å². The van der Waals surface area contributed by atoms with Crippen molar-refractivity contribution in [2.75, 3.05) is 46.4 Å². The van der Waals surface area contributed by atoms with Crippen molar-refractivity contribution in [2.24, 2.45) is 0 Å². The van der Waals surface area contributed by atoms with Gasteiger partial charge in [0.05, 0.1) is 18.2 Å². The first kappa shape index (κ1) is 23.9. The van der Waals surface area contributed by atoms with E-state index >= 15 is 0 Å². The van der Waals surface area contributed by atoms with Crippen LogP contribution in [-0.2, 0) is 16.1 Å². The molecule has 2 aromatic rings. The van der Waals surface area contributed by atoms with Crippen LogP contribution in [0.2, 0.25) is 0 Å². The fourth-order valence-electron chi connectivity index (χ4n) is 4.49. The van der Waals surface area contributed by atoms with Gasteiger partial charge in [-0.05, 0) is 30.2 Å². The van der Waals surface area contributed by atoms with Crippen LogP contribution in [0.3, 0.4) is 0 Å². The van der Waals surface area contributed by atoms with Crippen LogP contribution < -0.4 is 5.32 Å². The average Bonchev–Trinajstić information content (AvgIpc) is 2.84. The van der Waals surface area contributed by atoms with E-state index in [4.69, 9.17) is 4.74 Å². The number of carbonyl (C=O) groups excluding carboxylic acids is 2.